The second-order valence-electron chi connectivity index (χ2n) is 12.6. The highest BCUT2D eigenvalue weighted by atomic mass is 28.2. The summed E-state index contributed by atoms with van der Waals surface area (Å²) >= 11 is 0. The summed E-state index contributed by atoms with van der Waals surface area (Å²) in [7, 11) is -0.184. The molecular formula is C31H40Si. The maximum absolute atomic E-state index is 2.53. The number of benzene rings is 2. The second kappa shape index (κ2) is 7.87. The van der Waals surface area contributed by atoms with Gasteiger partial charge in [-0.05, 0) is 68.1 Å². The van der Waals surface area contributed by atoms with Crippen LogP contribution in [0.5, 0.6) is 0 Å². The fourth-order valence-corrected chi connectivity index (χ4v) is 9.53. The van der Waals surface area contributed by atoms with Gasteiger partial charge in [0.05, 0.1) is 0 Å². The molecule has 0 nitrogen and oxygen atoms in total. The van der Waals surface area contributed by atoms with Crippen LogP contribution in [0, 0.1) is 0 Å². The van der Waals surface area contributed by atoms with E-state index < -0.39 is 0 Å². The SMILES string of the molecule is CC(C)(C)c1ccc2c(c1)-c1cc(C(C)(C)C)ccc1C2C1CCCC(C2=CC=CC2)[SiH2]1. The Morgan fingerprint density at radius 3 is 1.88 bits per heavy atom. The van der Waals surface area contributed by atoms with E-state index in [0.29, 0.717) is 5.92 Å². The van der Waals surface area contributed by atoms with Gasteiger partial charge in [-0.15, -0.1) is 0 Å². The third-order valence-corrected chi connectivity index (χ3v) is 11.3. The van der Waals surface area contributed by atoms with Crippen molar-refractivity contribution in [3.63, 3.8) is 0 Å². The van der Waals surface area contributed by atoms with Gasteiger partial charge < -0.3 is 0 Å². The summed E-state index contributed by atoms with van der Waals surface area (Å²) in [4.78, 5) is 0. The van der Waals surface area contributed by atoms with E-state index in [2.05, 4.69) is 96.2 Å². The molecule has 2 aromatic rings. The monoisotopic (exact) mass is 440 g/mol. The van der Waals surface area contributed by atoms with Crippen molar-refractivity contribution in [3.8, 4) is 11.1 Å². The van der Waals surface area contributed by atoms with Gasteiger partial charge in [-0.1, -0.05) is 115 Å². The maximum Gasteiger partial charge on any atom is 0.0327 e. The van der Waals surface area contributed by atoms with E-state index in [9.17, 15) is 0 Å². The molecule has 3 aliphatic rings. The third-order valence-electron chi connectivity index (χ3n) is 8.31. The zero-order valence-corrected chi connectivity index (χ0v) is 22.4. The first-order valence-electron chi connectivity index (χ1n) is 12.8. The van der Waals surface area contributed by atoms with E-state index in [-0.39, 0.29) is 20.3 Å². The Hall–Kier alpha value is -1.86. The zero-order chi connectivity index (χ0) is 22.7. The van der Waals surface area contributed by atoms with E-state index in [0.717, 1.165) is 11.1 Å². The van der Waals surface area contributed by atoms with E-state index >= 15 is 0 Å². The molecule has 0 spiro atoms. The first-order valence-corrected chi connectivity index (χ1v) is 14.4. The highest BCUT2D eigenvalue weighted by molar-refractivity contribution is 6.41. The summed E-state index contributed by atoms with van der Waals surface area (Å²) < 4.78 is 0. The van der Waals surface area contributed by atoms with Gasteiger partial charge in [0.15, 0.2) is 0 Å². The van der Waals surface area contributed by atoms with E-state index in [1.165, 1.54) is 47.9 Å². The predicted octanol–water partition coefficient (Wildman–Crippen LogP) is 8.21. The van der Waals surface area contributed by atoms with Crippen LogP contribution in [0.2, 0.25) is 11.1 Å². The zero-order valence-electron chi connectivity index (χ0n) is 21.0. The summed E-state index contributed by atoms with van der Waals surface area (Å²) in [6.07, 6.45) is 12.6. The molecule has 1 aliphatic heterocycles. The number of hydrogen-bond acceptors (Lipinski definition) is 0. The normalized spacial score (nSPS) is 24.0. The Morgan fingerprint density at radius 2 is 1.38 bits per heavy atom. The van der Waals surface area contributed by atoms with Gasteiger partial charge in [-0.25, -0.2) is 0 Å². The van der Waals surface area contributed by atoms with E-state index in [1.807, 2.05) is 0 Å². The summed E-state index contributed by atoms with van der Waals surface area (Å²) in [6.45, 7) is 14.1. The largest absolute Gasteiger partial charge is 0.0805 e. The summed E-state index contributed by atoms with van der Waals surface area (Å²) in [5, 5.41) is 0. The minimum Gasteiger partial charge on any atom is -0.0805 e. The van der Waals surface area contributed by atoms with Crippen LogP contribution in [-0.2, 0) is 10.8 Å². The van der Waals surface area contributed by atoms with Crippen molar-refractivity contribution in [1.82, 2.24) is 0 Å². The molecule has 0 aromatic heterocycles. The van der Waals surface area contributed by atoms with Crippen LogP contribution in [0.15, 0.2) is 60.2 Å². The maximum atomic E-state index is 2.53. The van der Waals surface area contributed by atoms with Crippen molar-refractivity contribution < 1.29 is 0 Å². The smallest absolute Gasteiger partial charge is 0.0327 e. The molecule has 2 aliphatic carbocycles. The van der Waals surface area contributed by atoms with Gasteiger partial charge in [0.2, 0.25) is 0 Å². The lowest BCUT2D eigenvalue weighted by molar-refractivity contribution is 0.555. The van der Waals surface area contributed by atoms with Crippen LogP contribution in [0.25, 0.3) is 11.1 Å². The highest BCUT2D eigenvalue weighted by Gasteiger charge is 2.38. The molecule has 1 heteroatoms. The Bertz CT molecular complexity index is 1020. The Kier molecular flexibility index (Phi) is 5.40. The standard InChI is InChI=1S/C31H40Si/c1-30(2,3)21-14-16-23-25(18-21)26-19-22(31(4,5)6)15-17-24(26)29(23)28-13-9-12-27(32-28)20-10-7-8-11-20/h7-8,10,14-19,27-29H,9,11-13,32H2,1-6H3. The molecule has 1 fully saturated rings. The molecule has 2 atom stereocenters. The van der Waals surface area contributed by atoms with Crippen LogP contribution < -0.4 is 0 Å². The van der Waals surface area contributed by atoms with Gasteiger partial charge in [-0.2, -0.15) is 0 Å². The lowest BCUT2D eigenvalue weighted by Gasteiger charge is -2.34. The fraction of sp³-hybridized carbons (Fsp3) is 0.484. The van der Waals surface area contributed by atoms with Gasteiger partial charge >= 0.3 is 0 Å². The molecule has 2 aromatic carbocycles. The molecule has 0 N–H and O–H groups in total. The fourth-order valence-electron chi connectivity index (χ4n) is 6.36. The van der Waals surface area contributed by atoms with Crippen LogP contribution in [-0.4, -0.2) is 9.52 Å². The molecule has 32 heavy (non-hydrogen) atoms. The third kappa shape index (κ3) is 3.87. The number of fused-ring (bicyclic) bond motifs is 3. The highest BCUT2D eigenvalue weighted by Crippen LogP contribution is 2.55. The average molecular weight is 441 g/mol. The van der Waals surface area contributed by atoms with Crippen molar-refractivity contribution in [1.29, 1.82) is 0 Å². The van der Waals surface area contributed by atoms with Crippen LogP contribution in [0.3, 0.4) is 0 Å². The molecule has 0 radical (unpaired) electrons. The minimum atomic E-state index is -0.184. The predicted molar refractivity (Wildman–Crippen MR) is 143 cm³/mol. The van der Waals surface area contributed by atoms with Gasteiger partial charge in [-0.3, -0.25) is 0 Å². The molecule has 0 saturated carbocycles. The second-order valence-corrected chi connectivity index (χ2v) is 15.1. The van der Waals surface area contributed by atoms with E-state index in [4.69, 9.17) is 0 Å². The Balaban J connectivity index is 1.59. The minimum absolute atomic E-state index is 0.182. The molecule has 5 rings (SSSR count). The van der Waals surface area contributed by atoms with Gasteiger partial charge in [0.25, 0.3) is 0 Å². The van der Waals surface area contributed by atoms with Crippen molar-refractivity contribution in [3.05, 3.63) is 82.5 Å². The van der Waals surface area contributed by atoms with Gasteiger partial charge in [0.1, 0.15) is 0 Å². The molecule has 1 heterocycles. The Labute approximate surface area is 198 Å². The van der Waals surface area contributed by atoms with Crippen molar-refractivity contribution in [2.45, 2.75) is 95.1 Å². The summed E-state index contributed by atoms with van der Waals surface area (Å²) in [6, 6.07) is 14.9. The number of allylic oxidation sites excluding steroid dienone is 4. The molecule has 2 unspecified atom stereocenters. The molecule has 168 valence electrons. The molecular weight excluding hydrogens is 400 g/mol. The van der Waals surface area contributed by atoms with E-state index in [1.54, 1.807) is 16.7 Å². The average Bonchev–Trinajstić information content (AvgIpc) is 3.38. The molecule has 0 bridgehead atoms. The van der Waals surface area contributed by atoms with Crippen LogP contribution in [0.1, 0.15) is 95.4 Å². The summed E-state index contributed by atoms with van der Waals surface area (Å²) in [5.41, 5.74) is 13.1. The summed E-state index contributed by atoms with van der Waals surface area (Å²) in [5.74, 6) is 0.618. The molecule has 1 saturated heterocycles. The number of rotatable bonds is 2. The lowest BCUT2D eigenvalue weighted by Crippen LogP contribution is -2.23. The van der Waals surface area contributed by atoms with Crippen molar-refractivity contribution >= 4 is 9.52 Å². The van der Waals surface area contributed by atoms with Crippen LogP contribution in [0.4, 0.5) is 0 Å². The Morgan fingerprint density at radius 1 is 0.781 bits per heavy atom. The molecule has 0 amide bonds. The lowest BCUT2D eigenvalue weighted by atomic mass is 9.83. The topological polar surface area (TPSA) is 0 Å². The van der Waals surface area contributed by atoms with Crippen molar-refractivity contribution in [2.75, 3.05) is 0 Å². The number of hydrogen-bond donors (Lipinski definition) is 0. The van der Waals surface area contributed by atoms with Crippen molar-refractivity contribution in [2.24, 2.45) is 0 Å². The first kappa shape index (κ1) is 22.0. The first-order chi connectivity index (χ1) is 15.1. The van der Waals surface area contributed by atoms with Gasteiger partial charge in [0, 0.05) is 15.4 Å². The quantitative estimate of drug-likeness (QED) is 0.413. The van der Waals surface area contributed by atoms with Crippen LogP contribution >= 0.6 is 0 Å².